The number of rotatable bonds is 8. The number of likely N-dealkylation sites (N-methyl/N-ethyl adjacent to an activating group) is 1. The minimum absolute atomic E-state index is 0.0226. The highest BCUT2D eigenvalue weighted by molar-refractivity contribution is 5.94. The molecule has 8 heteroatoms. The summed E-state index contributed by atoms with van der Waals surface area (Å²) in [5, 5.41) is 9.63. The van der Waals surface area contributed by atoms with Crippen LogP contribution in [-0.2, 0) is 9.59 Å². The summed E-state index contributed by atoms with van der Waals surface area (Å²) in [5.74, 6) is 1.11. The van der Waals surface area contributed by atoms with E-state index in [4.69, 9.17) is 4.99 Å². The van der Waals surface area contributed by atoms with Crippen LogP contribution in [0.3, 0.4) is 0 Å². The lowest BCUT2D eigenvalue weighted by molar-refractivity contribution is -0.133. The summed E-state index contributed by atoms with van der Waals surface area (Å²) in [6, 6.07) is 7.97. The summed E-state index contributed by atoms with van der Waals surface area (Å²) in [5.41, 5.74) is 2.04. The number of nitrogens with one attached hydrogen (secondary N) is 3. The van der Waals surface area contributed by atoms with E-state index in [0.29, 0.717) is 13.0 Å². The molecule has 0 saturated carbocycles. The zero-order valence-electron chi connectivity index (χ0n) is 19.0. The molecule has 1 saturated heterocycles. The van der Waals surface area contributed by atoms with Gasteiger partial charge in [0.25, 0.3) is 0 Å². The molecule has 2 heterocycles. The lowest BCUT2D eigenvalue weighted by atomic mass is 9.91. The van der Waals surface area contributed by atoms with Gasteiger partial charge in [0.15, 0.2) is 5.96 Å². The van der Waals surface area contributed by atoms with Gasteiger partial charge in [0.1, 0.15) is 0 Å². The number of fused-ring (bicyclic) bond motifs is 1. The van der Waals surface area contributed by atoms with E-state index in [0.717, 1.165) is 62.7 Å². The fourth-order valence-corrected chi connectivity index (χ4v) is 4.37. The Bertz CT molecular complexity index is 794. The minimum atomic E-state index is 0.0226. The van der Waals surface area contributed by atoms with Crippen LogP contribution in [-0.4, -0.2) is 80.4 Å². The Kier molecular flexibility index (Phi) is 8.28. The van der Waals surface area contributed by atoms with Crippen LogP contribution in [0.1, 0.15) is 44.1 Å². The summed E-state index contributed by atoms with van der Waals surface area (Å²) >= 11 is 0. The van der Waals surface area contributed by atoms with Crippen LogP contribution in [0.15, 0.2) is 29.3 Å². The van der Waals surface area contributed by atoms with Gasteiger partial charge in [0.2, 0.25) is 11.8 Å². The molecule has 0 spiro atoms. The van der Waals surface area contributed by atoms with Crippen molar-refractivity contribution in [1.29, 1.82) is 0 Å². The number of guanidine groups is 1. The van der Waals surface area contributed by atoms with Crippen LogP contribution in [0.2, 0.25) is 0 Å². The molecule has 2 amide bonds. The van der Waals surface area contributed by atoms with Crippen molar-refractivity contribution in [3.63, 3.8) is 0 Å². The maximum Gasteiger partial charge on any atom is 0.239 e. The predicted octanol–water partition coefficient (Wildman–Crippen LogP) is 1.61. The monoisotopic (exact) mass is 428 g/mol. The molecule has 3 N–H and O–H groups in total. The van der Waals surface area contributed by atoms with Crippen molar-refractivity contribution < 1.29 is 9.59 Å². The second kappa shape index (κ2) is 11.1. The average molecular weight is 429 g/mol. The van der Waals surface area contributed by atoms with Crippen molar-refractivity contribution in [3.8, 4) is 0 Å². The molecule has 0 aromatic heterocycles. The van der Waals surface area contributed by atoms with Crippen molar-refractivity contribution in [2.75, 3.05) is 52.1 Å². The van der Waals surface area contributed by atoms with E-state index in [1.54, 1.807) is 4.90 Å². The highest BCUT2D eigenvalue weighted by Gasteiger charge is 2.31. The normalized spacial score (nSPS) is 21.4. The molecule has 2 aliphatic rings. The zero-order chi connectivity index (χ0) is 22.2. The number of hydrogen-bond donors (Lipinski definition) is 3. The largest absolute Gasteiger partial charge is 0.357 e. The standard InChI is InChI=1S/C23H36N6O2/c1-4-24-23(25-12-8-14-29-13-7-11-20(29)22(31)28(2)3)26-16-17-15-21(30)27-19-10-6-5-9-18(17)19/h5-6,9-10,17,20H,4,7-8,11-16H2,1-3H3,(H,27,30)(H2,24,25,26). The van der Waals surface area contributed by atoms with Gasteiger partial charge in [0.05, 0.1) is 12.6 Å². The molecule has 3 rings (SSSR count). The van der Waals surface area contributed by atoms with E-state index in [1.165, 1.54) is 0 Å². The third-order valence-electron chi connectivity index (χ3n) is 5.92. The average Bonchev–Trinajstić information content (AvgIpc) is 3.22. The van der Waals surface area contributed by atoms with Gasteiger partial charge >= 0.3 is 0 Å². The van der Waals surface area contributed by atoms with Crippen LogP contribution >= 0.6 is 0 Å². The van der Waals surface area contributed by atoms with E-state index >= 15 is 0 Å². The van der Waals surface area contributed by atoms with Gasteiger partial charge in [-0.05, 0) is 44.4 Å². The number of hydrogen-bond acceptors (Lipinski definition) is 4. The minimum Gasteiger partial charge on any atom is -0.357 e. The lowest BCUT2D eigenvalue weighted by Crippen LogP contribution is -2.44. The van der Waals surface area contributed by atoms with Gasteiger partial charge in [-0.25, -0.2) is 0 Å². The van der Waals surface area contributed by atoms with E-state index in [9.17, 15) is 9.59 Å². The molecular formula is C23H36N6O2. The van der Waals surface area contributed by atoms with Crippen molar-refractivity contribution in [1.82, 2.24) is 20.4 Å². The zero-order valence-corrected chi connectivity index (χ0v) is 19.0. The number of likely N-dealkylation sites (tertiary alicyclic amines) is 1. The van der Waals surface area contributed by atoms with Gasteiger partial charge < -0.3 is 20.9 Å². The molecule has 2 aliphatic heterocycles. The van der Waals surface area contributed by atoms with E-state index < -0.39 is 0 Å². The molecule has 1 aromatic rings. The summed E-state index contributed by atoms with van der Waals surface area (Å²) in [6.45, 7) is 6.05. The topological polar surface area (TPSA) is 89.1 Å². The Morgan fingerprint density at radius 1 is 1.29 bits per heavy atom. The summed E-state index contributed by atoms with van der Waals surface area (Å²) in [4.78, 5) is 33.1. The first kappa shape index (κ1) is 23.1. The van der Waals surface area contributed by atoms with Crippen LogP contribution in [0, 0.1) is 0 Å². The number of carbonyl (C=O) groups excluding carboxylic acids is 2. The second-order valence-electron chi connectivity index (χ2n) is 8.46. The molecule has 2 atom stereocenters. The third kappa shape index (κ3) is 6.19. The number of para-hydroxylation sites is 1. The molecule has 170 valence electrons. The second-order valence-corrected chi connectivity index (χ2v) is 8.46. The van der Waals surface area contributed by atoms with Crippen LogP contribution in [0.25, 0.3) is 0 Å². The van der Waals surface area contributed by atoms with Crippen LogP contribution < -0.4 is 16.0 Å². The number of anilines is 1. The fourth-order valence-electron chi connectivity index (χ4n) is 4.37. The summed E-state index contributed by atoms with van der Waals surface area (Å²) in [7, 11) is 3.65. The number of benzene rings is 1. The smallest absolute Gasteiger partial charge is 0.239 e. The van der Waals surface area contributed by atoms with Gasteiger partial charge in [-0.2, -0.15) is 0 Å². The number of amides is 2. The number of nitrogens with zero attached hydrogens (tertiary/aromatic N) is 3. The maximum absolute atomic E-state index is 12.3. The molecule has 0 bridgehead atoms. The molecule has 1 aromatic carbocycles. The van der Waals surface area contributed by atoms with E-state index in [2.05, 4.69) is 26.9 Å². The quantitative estimate of drug-likeness (QED) is 0.333. The Labute approximate surface area is 185 Å². The van der Waals surface area contributed by atoms with Gasteiger partial charge in [-0.15, -0.1) is 0 Å². The first-order chi connectivity index (χ1) is 15.0. The predicted molar refractivity (Wildman–Crippen MR) is 124 cm³/mol. The summed E-state index contributed by atoms with van der Waals surface area (Å²) in [6.07, 6.45) is 3.43. The van der Waals surface area contributed by atoms with Gasteiger partial charge in [0, 0.05) is 51.8 Å². The molecule has 2 unspecified atom stereocenters. The first-order valence-electron chi connectivity index (χ1n) is 11.4. The Hall–Kier alpha value is -2.61. The van der Waals surface area contributed by atoms with Crippen molar-refractivity contribution in [2.45, 2.75) is 44.6 Å². The molecular weight excluding hydrogens is 392 g/mol. The first-order valence-corrected chi connectivity index (χ1v) is 11.4. The van der Waals surface area contributed by atoms with Crippen LogP contribution in [0.5, 0.6) is 0 Å². The van der Waals surface area contributed by atoms with E-state index in [1.807, 2.05) is 39.2 Å². The van der Waals surface area contributed by atoms with Crippen molar-refractivity contribution >= 4 is 23.5 Å². The number of aliphatic imine (C=N–C) groups is 1. The number of carbonyl (C=O) groups is 2. The molecule has 1 fully saturated rings. The SMILES string of the molecule is CCNC(=NCC1CC(=O)Nc2ccccc21)NCCCN1CCCC1C(=O)N(C)C. The maximum atomic E-state index is 12.3. The Balaban J connectivity index is 1.50. The fraction of sp³-hybridized carbons (Fsp3) is 0.609. The molecule has 0 aliphatic carbocycles. The highest BCUT2D eigenvalue weighted by atomic mass is 16.2. The lowest BCUT2D eigenvalue weighted by Gasteiger charge is -2.26. The van der Waals surface area contributed by atoms with Gasteiger partial charge in [-0.3, -0.25) is 19.5 Å². The summed E-state index contributed by atoms with van der Waals surface area (Å²) < 4.78 is 0. The molecule has 0 radical (unpaired) electrons. The molecule has 31 heavy (non-hydrogen) atoms. The molecule has 8 nitrogen and oxygen atoms in total. The van der Waals surface area contributed by atoms with E-state index in [-0.39, 0.29) is 23.8 Å². The highest BCUT2D eigenvalue weighted by Crippen LogP contribution is 2.31. The van der Waals surface area contributed by atoms with Gasteiger partial charge in [-0.1, -0.05) is 18.2 Å². The third-order valence-corrected chi connectivity index (χ3v) is 5.92. The van der Waals surface area contributed by atoms with Crippen LogP contribution in [0.4, 0.5) is 5.69 Å². The Morgan fingerprint density at radius 2 is 2.10 bits per heavy atom. The Morgan fingerprint density at radius 3 is 2.87 bits per heavy atom. The van der Waals surface area contributed by atoms with Crippen molar-refractivity contribution in [3.05, 3.63) is 29.8 Å². The van der Waals surface area contributed by atoms with Crippen molar-refractivity contribution in [2.24, 2.45) is 4.99 Å².